The zero-order valence-electron chi connectivity index (χ0n) is 11.8. The van der Waals surface area contributed by atoms with Crippen molar-refractivity contribution >= 4 is 22.0 Å². The molecule has 108 valence electrons. The molecule has 7 heteroatoms. The van der Waals surface area contributed by atoms with E-state index in [1.165, 1.54) is 8.61 Å². The Kier molecular flexibility index (Phi) is 5.06. The SMILES string of the molecule is CC(C)N1CCN(C[C@@H](NCl)C(C)(C)C)S1(=O)=O. The summed E-state index contributed by atoms with van der Waals surface area (Å²) in [5, 5.41) is 0. The predicted molar refractivity (Wildman–Crippen MR) is 74.6 cm³/mol. The van der Waals surface area contributed by atoms with Gasteiger partial charge < -0.3 is 0 Å². The lowest BCUT2D eigenvalue weighted by atomic mass is 9.87. The lowest BCUT2D eigenvalue weighted by Gasteiger charge is -2.32. The Morgan fingerprint density at radius 2 is 1.83 bits per heavy atom. The van der Waals surface area contributed by atoms with Gasteiger partial charge in [0.25, 0.3) is 10.2 Å². The highest BCUT2D eigenvalue weighted by Crippen LogP contribution is 2.25. The van der Waals surface area contributed by atoms with Gasteiger partial charge in [-0.05, 0) is 31.0 Å². The summed E-state index contributed by atoms with van der Waals surface area (Å²) >= 11 is 5.74. The molecule has 0 radical (unpaired) electrons. The number of nitrogens with zero attached hydrogens (tertiary/aromatic N) is 2. The van der Waals surface area contributed by atoms with Gasteiger partial charge >= 0.3 is 0 Å². The van der Waals surface area contributed by atoms with Crippen molar-refractivity contribution in [2.24, 2.45) is 5.41 Å². The van der Waals surface area contributed by atoms with Crippen LogP contribution in [0, 0.1) is 5.41 Å². The van der Waals surface area contributed by atoms with Crippen LogP contribution in [-0.2, 0) is 10.2 Å². The summed E-state index contributed by atoms with van der Waals surface area (Å²) in [6, 6.07) is -0.0851. The monoisotopic (exact) mass is 297 g/mol. The Balaban J connectivity index is 2.82. The van der Waals surface area contributed by atoms with Crippen molar-refractivity contribution in [2.45, 2.75) is 46.7 Å². The molecule has 0 amide bonds. The van der Waals surface area contributed by atoms with Crippen molar-refractivity contribution in [3.63, 3.8) is 0 Å². The van der Waals surface area contributed by atoms with Crippen LogP contribution in [-0.4, -0.2) is 48.7 Å². The van der Waals surface area contributed by atoms with Crippen molar-refractivity contribution in [1.82, 2.24) is 13.4 Å². The Morgan fingerprint density at radius 3 is 2.17 bits per heavy atom. The predicted octanol–water partition coefficient (Wildman–Crippen LogP) is 1.42. The Labute approximate surface area is 116 Å². The molecule has 1 fully saturated rings. The van der Waals surface area contributed by atoms with Crippen LogP contribution in [0.3, 0.4) is 0 Å². The zero-order chi connectivity index (χ0) is 14.1. The van der Waals surface area contributed by atoms with E-state index in [1.54, 1.807) is 0 Å². The number of rotatable bonds is 4. The van der Waals surface area contributed by atoms with Crippen LogP contribution < -0.4 is 4.84 Å². The third-order valence-electron chi connectivity index (χ3n) is 3.33. The summed E-state index contributed by atoms with van der Waals surface area (Å²) < 4.78 is 27.6. The van der Waals surface area contributed by atoms with Crippen molar-refractivity contribution < 1.29 is 8.42 Å². The van der Waals surface area contributed by atoms with E-state index in [1.807, 2.05) is 34.6 Å². The van der Waals surface area contributed by atoms with Gasteiger partial charge in [-0.25, -0.2) is 4.84 Å². The van der Waals surface area contributed by atoms with Gasteiger partial charge in [-0.2, -0.15) is 17.0 Å². The molecule has 1 atom stereocenters. The highest BCUT2D eigenvalue weighted by atomic mass is 35.5. The molecule has 0 aromatic carbocycles. The second-order valence-corrected chi connectivity index (χ2v) is 8.20. The van der Waals surface area contributed by atoms with Gasteiger partial charge in [0.1, 0.15) is 0 Å². The third kappa shape index (κ3) is 3.36. The second kappa shape index (κ2) is 5.63. The zero-order valence-corrected chi connectivity index (χ0v) is 13.3. The smallest absolute Gasteiger partial charge is 0.229 e. The molecular formula is C11H24ClN3O2S. The van der Waals surface area contributed by atoms with E-state index >= 15 is 0 Å². The molecule has 0 spiro atoms. The molecule has 18 heavy (non-hydrogen) atoms. The molecule has 1 aliphatic heterocycles. The molecule has 0 aromatic rings. The Morgan fingerprint density at radius 1 is 1.28 bits per heavy atom. The van der Waals surface area contributed by atoms with E-state index in [9.17, 15) is 8.42 Å². The van der Waals surface area contributed by atoms with Gasteiger partial charge in [0.15, 0.2) is 0 Å². The molecule has 1 saturated heterocycles. The minimum Gasteiger partial charge on any atom is -0.229 e. The Hall–Kier alpha value is 0.120. The summed E-state index contributed by atoms with van der Waals surface area (Å²) in [6.45, 7) is 11.4. The van der Waals surface area contributed by atoms with Crippen LogP contribution >= 0.6 is 11.8 Å². The molecule has 0 saturated carbocycles. The maximum Gasteiger partial charge on any atom is 0.282 e. The van der Waals surface area contributed by atoms with E-state index in [2.05, 4.69) is 4.84 Å². The first-order chi connectivity index (χ1) is 8.10. The minimum atomic E-state index is -3.32. The molecule has 0 aromatic heterocycles. The molecule has 1 N–H and O–H groups in total. The van der Waals surface area contributed by atoms with Crippen LogP contribution in [0.25, 0.3) is 0 Å². The maximum absolute atomic E-state index is 12.3. The van der Waals surface area contributed by atoms with Crippen LogP contribution in [0.2, 0.25) is 0 Å². The van der Waals surface area contributed by atoms with Gasteiger partial charge in [0.05, 0.1) is 0 Å². The summed E-state index contributed by atoms with van der Waals surface area (Å²) in [5.41, 5.74) is -0.0947. The maximum atomic E-state index is 12.3. The average Bonchev–Trinajstić information content (AvgIpc) is 2.48. The number of hydrogen-bond acceptors (Lipinski definition) is 3. The van der Waals surface area contributed by atoms with Crippen molar-refractivity contribution in [2.75, 3.05) is 19.6 Å². The summed E-state index contributed by atoms with van der Waals surface area (Å²) in [6.07, 6.45) is 0. The normalized spacial score (nSPS) is 23.7. The van der Waals surface area contributed by atoms with Crippen LogP contribution in [0.4, 0.5) is 0 Å². The first-order valence-corrected chi connectivity index (χ1v) is 8.01. The van der Waals surface area contributed by atoms with Crippen LogP contribution in [0.5, 0.6) is 0 Å². The van der Waals surface area contributed by atoms with Gasteiger partial charge in [0.2, 0.25) is 0 Å². The highest BCUT2D eigenvalue weighted by molar-refractivity contribution is 7.87. The van der Waals surface area contributed by atoms with Crippen molar-refractivity contribution in [3.8, 4) is 0 Å². The van der Waals surface area contributed by atoms with Gasteiger partial charge in [-0.15, -0.1) is 0 Å². The van der Waals surface area contributed by atoms with Crippen molar-refractivity contribution in [1.29, 1.82) is 0 Å². The van der Waals surface area contributed by atoms with E-state index in [4.69, 9.17) is 11.8 Å². The molecule has 0 unspecified atom stereocenters. The van der Waals surface area contributed by atoms with E-state index in [0.29, 0.717) is 19.6 Å². The van der Waals surface area contributed by atoms with Gasteiger partial charge in [0, 0.05) is 31.7 Å². The number of halogens is 1. The van der Waals surface area contributed by atoms with Crippen molar-refractivity contribution in [3.05, 3.63) is 0 Å². The summed E-state index contributed by atoms with van der Waals surface area (Å²) in [5.74, 6) is 0. The number of hydrogen-bond donors (Lipinski definition) is 1. The summed E-state index contributed by atoms with van der Waals surface area (Å²) in [4.78, 5) is 2.70. The molecule has 1 aliphatic rings. The third-order valence-corrected chi connectivity index (χ3v) is 5.78. The van der Waals surface area contributed by atoms with Gasteiger partial charge in [-0.3, -0.25) is 0 Å². The largest absolute Gasteiger partial charge is 0.282 e. The van der Waals surface area contributed by atoms with E-state index in [-0.39, 0.29) is 17.5 Å². The van der Waals surface area contributed by atoms with Crippen LogP contribution in [0.15, 0.2) is 0 Å². The fraction of sp³-hybridized carbons (Fsp3) is 1.00. The fourth-order valence-corrected chi connectivity index (χ4v) is 4.16. The first kappa shape index (κ1) is 16.2. The molecule has 1 heterocycles. The average molecular weight is 298 g/mol. The van der Waals surface area contributed by atoms with E-state index < -0.39 is 10.2 Å². The number of nitrogens with one attached hydrogen (secondary N) is 1. The van der Waals surface area contributed by atoms with Gasteiger partial charge in [-0.1, -0.05) is 20.8 Å². The minimum absolute atomic E-state index is 0.00273. The first-order valence-electron chi connectivity index (χ1n) is 6.23. The lowest BCUT2D eigenvalue weighted by molar-refractivity contribution is 0.257. The molecule has 5 nitrogen and oxygen atoms in total. The topological polar surface area (TPSA) is 52.6 Å². The molecular weight excluding hydrogens is 274 g/mol. The fourth-order valence-electron chi connectivity index (χ4n) is 1.97. The Bertz CT molecular complexity index is 378. The van der Waals surface area contributed by atoms with E-state index in [0.717, 1.165) is 0 Å². The molecule has 1 rings (SSSR count). The molecule has 0 aliphatic carbocycles. The quantitative estimate of drug-likeness (QED) is 0.799. The highest BCUT2D eigenvalue weighted by Gasteiger charge is 2.40. The van der Waals surface area contributed by atoms with Crippen LogP contribution in [0.1, 0.15) is 34.6 Å². The summed E-state index contributed by atoms with van der Waals surface area (Å²) in [7, 11) is -3.32. The molecule has 0 bridgehead atoms. The second-order valence-electron chi connectivity index (χ2n) is 6.10. The lowest BCUT2D eigenvalue weighted by Crippen LogP contribution is -2.47. The standard InChI is InChI=1S/C11H24ClN3O2S/c1-9(2)15-7-6-14(18(15,16)17)8-10(13-12)11(3,4)5/h9-10,13H,6-8H2,1-5H3/t10-/m1/s1.